The molecule has 0 spiro atoms. The van der Waals surface area contributed by atoms with Crippen LogP contribution in [0.15, 0.2) is 29.6 Å². The molecule has 0 amide bonds. The second-order valence-corrected chi connectivity index (χ2v) is 4.60. The van der Waals surface area contributed by atoms with Gasteiger partial charge in [0.2, 0.25) is 5.78 Å². The minimum absolute atomic E-state index is 0.0562. The molecule has 0 atom stereocenters. The number of nitrogen functional groups attached to an aromatic ring is 1. The number of rotatable bonds is 4. The molecule has 0 unspecified atom stereocenters. The van der Waals surface area contributed by atoms with E-state index in [2.05, 4.69) is 9.97 Å². The van der Waals surface area contributed by atoms with Gasteiger partial charge in [0.25, 0.3) is 0 Å². The summed E-state index contributed by atoms with van der Waals surface area (Å²) < 4.78 is 18.4. The first-order valence-corrected chi connectivity index (χ1v) is 6.84. The van der Waals surface area contributed by atoms with Crippen LogP contribution in [0.3, 0.4) is 0 Å². The predicted octanol–water partition coefficient (Wildman–Crippen LogP) is 2.16. The third-order valence-electron chi connectivity index (χ3n) is 2.63. The first kappa shape index (κ1) is 14.3. The highest BCUT2D eigenvalue weighted by molar-refractivity contribution is 7.98. The molecule has 2 N–H and O–H groups in total. The molecule has 7 heteroatoms. The first-order chi connectivity index (χ1) is 9.56. The van der Waals surface area contributed by atoms with E-state index in [9.17, 15) is 9.18 Å². The number of nitrogens with zero attached hydrogens (tertiary/aromatic N) is 2. The van der Waals surface area contributed by atoms with Crippen molar-refractivity contribution >= 4 is 23.4 Å². The molecular weight excluding hydrogens is 281 g/mol. The molecule has 20 heavy (non-hydrogen) atoms. The number of aromatic nitrogens is 2. The third-order valence-corrected chi connectivity index (χ3v) is 3.19. The van der Waals surface area contributed by atoms with Gasteiger partial charge in [-0.2, -0.15) is 0 Å². The minimum Gasteiger partial charge on any atom is -0.496 e. The highest BCUT2D eigenvalue weighted by atomic mass is 32.2. The molecule has 0 bridgehead atoms. The van der Waals surface area contributed by atoms with Gasteiger partial charge in [-0.05, 0) is 24.5 Å². The fourth-order valence-electron chi connectivity index (χ4n) is 1.65. The number of hydrogen-bond donors (Lipinski definition) is 1. The smallest absolute Gasteiger partial charge is 0.202 e. The monoisotopic (exact) mass is 293 g/mol. The summed E-state index contributed by atoms with van der Waals surface area (Å²) in [7, 11) is 1.40. The summed E-state index contributed by atoms with van der Waals surface area (Å²) >= 11 is 1.31. The number of thioether (sulfide) groups is 1. The van der Waals surface area contributed by atoms with E-state index in [1.807, 2.05) is 0 Å². The fraction of sp³-hybridized carbons (Fsp3) is 0.154. The van der Waals surface area contributed by atoms with Crippen molar-refractivity contribution in [2.75, 3.05) is 19.1 Å². The topological polar surface area (TPSA) is 78.1 Å². The number of nitrogens with two attached hydrogens (primary N) is 1. The lowest BCUT2D eigenvalue weighted by atomic mass is 10.0. The number of carbonyl (C=O) groups excluding carboxylic acids is 1. The average molecular weight is 293 g/mol. The number of ether oxygens (including phenoxy) is 1. The normalized spacial score (nSPS) is 10.3. The summed E-state index contributed by atoms with van der Waals surface area (Å²) in [4.78, 5) is 20.4. The van der Waals surface area contributed by atoms with E-state index in [0.717, 1.165) is 6.07 Å². The van der Waals surface area contributed by atoms with E-state index in [-0.39, 0.29) is 22.7 Å². The van der Waals surface area contributed by atoms with Crippen LogP contribution in [0.2, 0.25) is 0 Å². The highest BCUT2D eigenvalue weighted by Crippen LogP contribution is 2.24. The molecule has 1 aromatic carbocycles. The Hall–Kier alpha value is -2.15. The van der Waals surface area contributed by atoms with Crippen molar-refractivity contribution in [1.82, 2.24) is 9.97 Å². The maximum Gasteiger partial charge on any atom is 0.202 e. The van der Waals surface area contributed by atoms with Crippen LogP contribution in [0.4, 0.5) is 10.2 Å². The molecule has 0 fully saturated rings. The molecular formula is C13H12FN3O2S. The fourth-order valence-corrected chi connectivity index (χ4v) is 2.00. The molecule has 104 valence electrons. The summed E-state index contributed by atoms with van der Waals surface area (Å²) in [6, 6.07) is 3.70. The molecule has 2 aromatic rings. The first-order valence-electron chi connectivity index (χ1n) is 5.61. The molecule has 1 aromatic heterocycles. The Bertz CT molecular complexity index is 664. The lowest BCUT2D eigenvalue weighted by Crippen LogP contribution is -2.10. The molecule has 0 aliphatic carbocycles. The summed E-state index contributed by atoms with van der Waals surface area (Å²) in [5.74, 6) is -0.689. The van der Waals surface area contributed by atoms with Crippen molar-refractivity contribution in [3.8, 4) is 5.75 Å². The van der Waals surface area contributed by atoms with Gasteiger partial charge in [0.15, 0.2) is 5.16 Å². The van der Waals surface area contributed by atoms with Crippen molar-refractivity contribution < 1.29 is 13.9 Å². The average Bonchev–Trinajstić information content (AvgIpc) is 2.46. The van der Waals surface area contributed by atoms with Crippen molar-refractivity contribution in [2.45, 2.75) is 5.16 Å². The lowest BCUT2D eigenvalue weighted by Gasteiger charge is -2.09. The summed E-state index contributed by atoms with van der Waals surface area (Å²) in [6.07, 6.45) is 3.13. The number of carbonyl (C=O) groups is 1. The lowest BCUT2D eigenvalue weighted by molar-refractivity contribution is 0.103. The number of halogens is 1. The van der Waals surface area contributed by atoms with Crippen molar-refractivity contribution in [1.29, 1.82) is 0 Å². The van der Waals surface area contributed by atoms with Crippen LogP contribution in [-0.4, -0.2) is 29.1 Å². The Morgan fingerprint density at radius 3 is 2.75 bits per heavy atom. The second-order valence-electron chi connectivity index (χ2n) is 3.83. The van der Waals surface area contributed by atoms with Crippen LogP contribution in [0.5, 0.6) is 5.75 Å². The Morgan fingerprint density at radius 2 is 2.15 bits per heavy atom. The van der Waals surface area contributed by atoms with Gasteiger partial charge in [-0.15, -0.1) is 0 Å². The van der Waals surface area contributed by atoms with Crippen LogP contribution in [0.1, 0.15) is 15.9 Å². The number of anilines is 1. The maximum atomic E-state index is 13.3. The van der Waals surface area contributed by atoms with Gasteiger partial charge < -0.3 is 10.5 Å². The highest BCUT2D eigenvalue weighted by Gasteiger charge is 2.19. The van der Waals surface area contributed by atoms with Gasteiger partial charge in [0.1, 0.15) is 17.4 Å². The van der Waals surface area contributed by atoms with Gasteiger partial charge >= 0.3 is 0 Å². The van der Waals surface area contributed by atoms with Gasteiger partial charge in [0.05, 0.1) is 18.2 Å². The zero-order valence-electron chi connectivity index (χ0n) is 10.9. The van der Waals surface area contributed by atoms with Crippen molar-refractivity contribution in [3.63, 3.8) is 0 Å². The van der Waals surface area contributed by atoms with Crippen LogP contribution in [-0.2, 0) is 0 Å². The Balaban J connectivity index is 2.48. The van der Waals surface area contributed by atoms with Gasteiger partial charge in [0, 0.05) is 6.20 Å². The van der Waals surface area contributed by atoms with Gasteiger partial charge in [-0.1, -0.05) is 11.8 Å². The van der Waals surface area contributed by atoms with E-state index < -0.39 is 11.6 Å². The summed E-state index contributed by atoms with van der Waals surface area (Å²) in [6.45, 7) is 0. The molecule has 0 saturated carbocycles. The van der Waals surface area contributed by atoms with E-state index in [0.29, 0.717) is 5.16 Å². The van der Waals surface area contributed by atoms with Crippen molar-refractivity contribution in [2.24, 2.45) is 0 Å². The van der Waals surface area contributed by atoms with Gasteiger partial charge in [-0.25, -0.2) is 14.4 Å². The van der Waals surface area contributed by atoms with Gasteiger partial charge in [-0.3, -0.25) is 4.79 Å². The molecule has 1 heterocycles. The number of methoxy groups -OCH3 is 1. The molecule has 0 saturated heterocycles. The SMILES string of the molecule is COc1ccc(F)cc1C(=O)c1cnc(SC)nc1N. The largest absolute Gasteiger partial charge is 0.496 e. The molecule has 2 rings (SSSR count). The van der Waals surface area contributed by atoms with Crippen LogP contribution < -0.4 is 10.5 Å². The van der Waals surface area contributed by atoms with Crippen LogP contribution >= 0.6 is 11.8 Å². The predicted molar refractivity (Wildman–Crippen MR) is 74.6 cm³/mol. The Kier molecular flexibility index (Phi) is 4.19. The number of ketones is 1. The van der Waals surface area contributed by atoms with Crippen LogP contribution in [0.25, 0.3) is 0 Å². The van der Waals surface area contributed by atoms with E-state index >= 15 is 0 Å². The van der Waals surface area contributed by atoms with E-state index in [4.69, 9.17) is 10.5 Å². The molecule has 5 nitrogen and oxygen atoms in total. The number of benzene rings is 1. The summed E-state index contributed by atoms with van der Waals surface area (Å²) in [5, 5.41) is 0.463. The molecule has 0 aliphatic rings. The third kappa shape index (κ3) is 2.72. The number of hydrogen-bond acceptors (Lipinski definition) is 6. The summed E-state index contributed by atoms with van der Waals surface area (Å²) in [5.41, 5.74) is 5.95. The quantitative estimate of drug-likeness (QED) is 0.529. The van der Waals surface area contributed by atoms with Crippen LogP contribution in [0, 0.1) is 5.82 Å². The zero-order chi connectivity index (χ0) is 14.7. The molecule has 0 radical (unpaired) electrons. The second kappa shape index (κ2) is 5.87. The van der Waals surface area contributed by atoms with Crippen molar-refractivity contribution in [3.05, 3.63) is 41.3 Å². The Morgan fingerprint density at radius 1 is 1.40 bits per heavy atom. The minimum atomic E-state index is -0.533. The molecule has 0 aliphatic heterocycles. The van der Waals surface area contributed by atoms with E-state index in [1.54, 1.807) is 6.26 Å². The van der Waals surface area contributed by atoms with E-state index in [1.165, 1.54) is 37.2 Å². The maximum absolute atomic E-state index is 13.3. The zero-order valence-corrected chi connectivity index (χ0v) is 11.7. The standard InChI is InChI=1S/C13H12FN3O2S/c1-19-10-4-3-7(14)5-8(10)11(18)9-6-16-13(20-2)17-12(9)15/h3-6H,1-2H3,(H2,15,16,17). The Labute approximate surface area is 119 Å².